The number of non-ortho nitro benzene ring substituents is 1. The van der Waals surface area contributed by atoms with Gasteiger partial charge in [-0.1, -0.05) is 0 Å². The number of carbonyl (C=O) groups excluding carboxylic acids is 2. The van der Waals surface area contributed by atoms with Crippen LogP contribution in [0.25, 0.3) is 10.6 Å². The maximum Gasteiger partial charge on any atom is 0.350 e. The van der Waals surface area contributed by atoms with Crippen molar-refractivity contribution in [1.29, 1.82) is 0 Å². The molecule has 0 aliphatic heterocycles. The van der Waals surface area contributed by atoms with Crippen LogP contribution in [-0.4, -0.2) is 28.9 Å². The molecule has 0 spiro atoms. The summed E-state index contributed by atoms with van der Waals surface area (Å²) >= 11 is 1.06. The van der Waals surface area contributed by atoms with Crippen molar-refractivity contribution in [2.24, 2.45) is 0 Å². The maximum atomic E-state index is 11.9. The van der Waals surface area contributed by atoms with E-state index in [2.05, 4.69) is 10.3 Å². The molecule has 120 valence electrons. The lowest BCUT2D eigenvalue weighted by atomic mass is 10.1. The van der Waals surface area contributed by atoms with Gasteiger partial charge in [-0.3, -0.25) is 14.9 Å². The van der Waals surface area contributed by atoms with Crippen molar-refractivity contribution in [3.05, 3.63) is 38.9 Å². The Labute approximate surface area is 135 Å². The number of carbonyl (C=O) groups is 2. The number of anilines is 1. The molecule has 9 heteroatoms. The Morgan fingerprint density at radius 2 is 2.26 bits per heavy atom. The van der Waals surface area contributed by atoms with Gasteiger partial charge in [0.25, 0.3) is 5.69 Å². The summed E-state index contributed by atoms with van der Waals surface area (Å²) in [6.45, 7) is 3.58. The van der Waals surface area contributed by atoms with E-state index < -0.39 is 10.9 Å². The van der Waals surface area contributed by atoms with Gasteiger partial charge in [-0.25, -0.2) is 9.78 Å². The number of nitro benzene ring substituents is 1. The first-order chi connectivity index (χ1) is 11.0. The number of thiazole rings is 1. The van der Waals surface area contributed by atoms with Gasteiger partial charge in [-0.05, 0) is 19.9 Å². The number of benzene rings is 1. The van der Waals surface area contributed by atoms with Gasteiger partial charge in [0.2, 0.25) is 6.41 Å². The lowest BCUT2D eigenvalue weighted by molar-refractivity contribution is -0.384. The summed E-state index contributed by atoms with van der Waals surface area (Å²) in [6, 6.07) is 4.00. The Hall–Kier alpha value is -2.81. The highest BCUT2D eigenvalue weighted by Gasteiger charge is 2.20. The molecule has 0 atom stereocenters. The zero-order valence-electron chi connectivity index (χ0n) is 12.4. The van der Waals surface area contributed by atoms with Crippen LogP contribution in [0.3, 0.4) is 0 Å². The van der Waals surface area contributed by atoms with Crippen molar-refractivity contribution in [3.63, 3.8) is 0 Å². The second kappa shape index (κ2) is 6.97. The summed E-state index contributed by atoms with van der Waals surface area (Å²) in [7, 11) is 0. The Bertz CT molecular complexity index is 772. The van der Waals surface area contributed by atoms with Gasteiger partial charge in [0.1, 0.15) is 9.88 Å². The standard InChI is InChI=1S/C14H13N3O5S/c1-3-22-14(19)12-8(2)16-13(23-12)10-6-9(17(20)21)4-5-11(10)15-7-18/h4-7H,3H2,1-2H3,(H,15,18). The molecule has 1 aromatic heterocycles. The highest BCUT2D eigenvalue weighted by Crippen LogP contribution is 2.35. The van der Waals surface area contributed by atoms with E-state index in [0.717, 1.165) is 11.3 Å². The van der Waals surface area contributed by atoms with E-state index in [4.69, 9.17) is 4.74 Å². The molecule has 8 nitrogen and oxygen atoms in total. The van der Waals surface area contributed by atoms with Gasteiger partial charge in [0, 0.05) is 17.7 Å². The van der Waals surface area contributed by atoms with Crippen molar-refractivity contribution in [1.82, 2.24) is 4.98 Å². The third kappa shape index (κ3) is 3.51. The van der Waals surface area contributed by atoms with E-state index in [0.29, 0.717) is 33.2 Å². The molecule has 2 rings (SSSR count). The van der Waals surface area contributed by atoms with Gasteiger partial charge < -0.3 is 10.1 Å². The maximum absolute atomic E-state index is 11.9. The van der Waals surface area contributed by atoms with Crippen molar-refractivity contribution in [3.8, 4) is 10.6 Å². The van der Waals surface area contributed by atoms with E-state index in [1.807, 2.05) is 0 Å². The molecular formula is C14H13N3O5S. The predicted molar refractivity (Wildman–Crippen MR) is 84.6 cm³/mol. The molecule has 0 saturated carbocycles. The summed E-state index contributed by atoms with van der Waals surface area (Å²) in [4.78, 5) is 37.6. The number of amides is 1. The minimum Gasteiger partial charge on any atom is -0.462 e. The van der Waals surface area contributed by atoms with E-state index in [-0.39, 0.29) is 12.3 Å². The van der Waals surface area contributed by atoms with Crippen LogP contribution in [0.2, 0.25) is 0 Å². The third-order valence-corrected chi connectivity index (χ3v) is 4.09. The second-order valence-electron chi connectivity index (χ2n) is 4.40. The Morgan fingerprint density at radius 1 is 1.52 bits per heavy atom. The zero-order chi connectivity index (χ0) is 17.0. The van der Waals surface area contributed by atoms with Gasteiger partial charge >= 0.3 is 5.97 Å². The molecule has 23 heavy (non-hydrogen) atoms. The number of nitrogens with one attached hydrogen (secondary N) is 1. The monoisotopic (exact) mass is 335 g/mol. The number of rotatable bonds is 6. The molecule has 0 fully saturated rings. The Morgan fingerprint density at radius 3 is 2.87 bits per heavy atom. The van der Waals surface area contributed by atoms with Crippen LogP contribution in [0, 0.1) is 17.0 Å². The minimum absolute atomic E-state index is 0.137. The summed E-state index contributed by atoms with van der Waals surface area (Å²) in [6.07, 6.45) is 0.470. The Kier molecular flexibility index (Phi) is 5.02. The minimum atomic E-state index is -0.541. The van der Waals surface area contributed by atoms with Gasteiger partial charge in [-0.2, -0.15) is 0 Å². The topological polar surface area (TPSA) is 111 Å². The van der Waals surface area contributed by atoms with E-state index >= 15 is 0 Å². The first-order valence-electron chi connectivity index (χ1n) is 6.61. The van der Waals surface area contributed by atoms with Crippen LogP contribution >= 0.6 is 11.3 Å². The molecule has 1 N–H and O–H groups in total. The summed E-state index contributed by atoms with van der Waals surface area (Å²) < 4.78 is 4.95. The number of esters is 1. The molecule has 0 bridgehead atoms. The van der Waals surface area contributed by atoms with Gasteiger partial charge in [0.15, 0.2) is 0 Å². The first-order valence-corrected chi connectivity index (χ1v) is 7.43. The van der Waals surface area contributed by atoms with E-state index in [1.54, 1.807) is 13.8 Å². The molecule has 0 saturated heterocycles. The fraction of sp³-hybridized carbons (Fsp3) is 0.214. The average Bonchev–Trinajstić information content (AvgIpc) is 2.90. The second-order valence-corrected chi connectivity index (χ2v) is 5.40. The number of aromatic nitrogens is 1. The Balaban J connectivity index is 2.53. The molecule has 0 aliphatic carbocycles. The summed E-state index contributed by atoms with van der Waals surface area (Å²) in [5.41, 5.74) is 1.07. The number of aryl methyl sites for hydroxylation is 1. The first kappa shape index (κ1) is 16.6. The largest absolute Gasteiger partial charge is 0.462 e. The highest BCUT2D eigenvalue weighted by atomic mass is 32.1. The van der Waals surface area contributed by atoms with Crippen LogP contribution < -0.4 is 5.32 Å². The molecular weight excluding hydrogens is 322 g/mol. The van der Waals surface area contributed by atoms with E-state index in [1.165, 1.54) is 18.2 Å². The quantitative estimate of drug-likeness (QED) is 0.376. The molecule has 1 aromatic carbocycles. The number of hydrogen-bond donors (Lipinski definition) is 1. The van der Waals surface area contributed by atoms with Crippen LogP contribution in [-0.2, 0) is 9.53 Å². The highest BCUT2D eigenvalue weighted by molar-refractivity contribution is 7.17. The van der Waals surface area contributed by atoms with Crippen molar-refractivity contribution in [2.75, 3.05) is 11.9 Å². The van der Waals surface area contributed by atoms with E-state index in [9.17, 15) is 19.7 Å². The smallest absolute Gasteiger partial charge is 0.350 e. The van der Waals surface area contributed by atoms with Crippen molar-refractivity contribution in [2.45, 2.75) is 13.8 Å². The van der Waals surface area contributed by atoms with Crippen LogP contribution in [0.1, 0.15) is 22.3 Å². The predicted octanol–water partition coefficient (Wildman–Crippen LogP) is 2.77. The summed E-state index contributed by atoms with van der Waals surface area (Å²) in [5.74, 6) is -0.496. The average molecular weight is 335 g/mol. The molecule has 1 amide bonds. The number of hydrogen-bond acceptors (Lipinski definition) is 7. The lowest BCUT2D eigenvalue weighted by Gasteiger charge is -2.05. The number of nitro groups is 1. The van der Waals surface area contributed by atoms with Gasteiger partial charge in [0.05, 0.1) is 22.9 Å². The van der Waals surface area contributed by atoms with Crippen LogP contribution in [0.5, 0.6) is 0 Å². The van der Waals surface area contributed by atoms with Crippen LogP contribution in [0.15, 0.2) is 18.2 Å². The SMILES string of the molecule is CCOC(=O)c1sc(-c2cc([N+](=O)[O-])ccc2NC=O)nc1C. The number of ether oxygens (including phenoxy) is 1. The molecule has 0 unspecified atom stereocenters. The molecule has 0 radical (unpaired) electrons. The fourth-order valence-corrected chi connectivity index (χ4v) is 2.90. The van der Waals surface area contributed by atoms with Crippen LogP contribution in [0.4, 0.5) is 11.4 Å². The fourth-order valence-electron chi connectivity index (χ4n) is 1.91. The molecule has 1 heterocycles. The van der Waals surface area contributed by atoms with Crippen molar-refractivity contribution >= 4 is 35.1 Å². The number of nitrogens with zero attached hydrogens (tertiary/aromatic N) is 2. The molecule has 2 aromatic rings. The van der Waals surface area contributed by atoms with Gasteiger partial charge in [-0.15, -0.1) is 11.3 Å². The normalized spacial score (nSPS) is 10.2. The molecule has 0 aliphatic rings. The zero-order valence-corrected chi connectivity index (χ0v) is 13.2. The lowest BCUT2D eigenvalue weighted by Crippen LogP contribution is -2.03. The summed E-state index contributed by atoms with van der Waals surface area (Å²) in [5, 5.41) is 13.8. The van der Waals surface area contributed by atoms with Crippen molar-refractivity contribution < 1.29 is 19.2 Å². The third-order valence-electron chi connectivity index (χ3n) is 2.92.